The molecule has 0 saturated carbocycles. The highest BCUT2D eigenvalue weighted by Gasteiger charge is 2.35. The molecule has 0 spiro atoms. The van der Waals surface area contributed by atoms with Crippen LogP contribution in [0.2, 0.25) is 5.02 Å². The molecule has 7 nitrogen and oxygen atoms in total. The number of amides is 2. The van der Waals surface area contributed by atoms with Crippen molar-refractivity contribution in [3.63, 3.8) is 0 Å². The number of benzene rings is 4. The molecule has 45 heavy (non-hydrogen) atoms. The molecule has 10 heteroatoms. The molecule has 0 saturated heterocycles. The zero-order valence-corrected chi connectivity index (χ0v) is 27.1. The highest BCUT2D eigenvalue weighted by Crippen LogP contribution is 2.31. The Morgan fingerprint density at radius 3 is 2.16 bits per heavy atom. The average Bonchev–Trinajstić information content (AvgIpc) is 3.03. The van der Waals surface area contributed by atoms with E-state index in [0.717, 1.165) is 15.4 Å². The highest BCUT2D eigenvalue weighted by molar-refractivity contribution is 7.92. The molecule has 0 unspecified atom stereocenters. The predicted molar refractivity (Wildman–Crippen MR) is 176 cm³/mol. The summed E-state index contributed by atoms with van der Waals surface area (Å²) < 4.78 is 44.2. The van der Waals surface area contributed by atoms with E-state index in [1.165, 1.54) is 47.4 Å². The van der Waals surface area contributed by atoms with E-state index in [2.05, 4.69) is 5.32 Å². The van der Waals surface area contributed by atoms with Crippen LogP contribution in [0.5, 0.6) is 0 Å². The van der Waals surface area contributed by atoms with E-state index in [1.54, 1.807) is 30.3 Å². The molecule has 0 radical (unpaired) electrons. The number of rotatable bonds is 13. The lowest BCUT2D eigenvalue weighted by atomic mass is 10.0. The van der Waals surface area contributed by atoms with Gasteiger partial charge in [-0.3, -0.25) is 13.9 Å². The van der Waals surface area contributed by atoms with Crippen LogP contribution < -0.4 is 9.62 Å². The van der Waals surface area contributed by atoms with Crippen molar-refractivity contribution in [3.05, 3.63) is 131 Å². The summed E-state index contributed by atoms with van der Waals surface area (Å²) in [5.41, 5.74) is 1.93. The van der Waals surface area contributed by atoms with Gasteiger partial charge in [0.2, 0.25) is 11.8 Å². The van der Waals surface area contributed by atoms with Crippen LogP contribution in [0.25, 0.3) is 0 Å². The number of hydrogen-bond donors (Lipinski definition) is 1. The van der Waals surface area contributed by atoms with Gasteiger partial charge >= 0.3 is 0 Å². The number of carbonyl (C=O) groups is 2. The van der Waals surface area contributed by atoms with Gasteiger partial charge in [0.15, 0.2) is 0 Å². The van der Waals surface area contributed by atoms with Crippen molar-refractivity contribution >= 4 is 39.1 Å². The van der Waals surface area contributed by atoms with E-state index in [1.807, 2.05) is 51.1 Å². The van der Waals surface area contributed by atoms with Gasteiger partial charge in [-0.15, -0.1) is 0 Å². The first-order chi connectivity index (χ1) is 21.5. The maximum absolute atomic E-state index is 15.0. The molecule has 4 rings (SSSR count). The van der Waals surface area contributed by atoms with Gasteiger partial charge in [0, 0.05) is 24.6 Å². The van der Waals surface area contributed by atoms with Crippen molar-refractivity contribution in [1.29, 1.82) is 0 Å². The topological polar surface area (TPSA) is 86.8 Å². The van der Waals surface area contributed by atoms with E-state index in [-0.39, 0.29) is 40.2 Å². The Morgan fingerprint density at radius 2 is 1.51 bits per heavy atom. The van der Waals surface area contributed by atoms with Gasteiger partial charge < -0.3 is 10.2 Å². The van der Waals surface area contributed by atoms with Crippen LogP contribution >= 0.6 is 11.6 Å². The maximum Gasteiger partial charge on any atom is 0.264 e. The van der Waals surface area contributed by atoms with Crippen LogP contribution in [0.1, 0.15) is 37.0 Å². The Bertz CT molecular complexity index is 1720. The monoisotopic (exact) mass is 649 g/mol. The summed E-state index contributed by atoms with van der Waals surface area (Å²) in [5.74, 6) is -1.68. The molecule has 4 aromatic rings. The fourth-order valence-electron chi connectivity index (χ4n) is 4.81. The Balaban J connectivity index is 1.83. The molecule has 0 bridgehead atoms. The van der Waals surface area contributed by atoms with Crippen LogP contribution in [0, 0.1) is 12.7 Å². The SMILES string of the molecule is CC[C@@H](C)NC(=O)[C@@H](Cc1ccccc1)N(Cc1ccccc1F)C(=O)CN(c1ccccc1Cl)S(=O)(=O)c1ccc(C)cc1. The molecule has 0 fully saturated rings. The van der Waals surface area contributed by atoms with Crippen molar-refractivity contribution in [2.75, 3.05) is 10.8 Å². The molecule has 2 atom stereocenters. The Kier molecular flexibility index (Phi) is 11.4. The standard InChI is InChI=1S/C35H37ClFN3O4S/c1-4-26(3)38-35(42)33(22-27-12-6-5-7-13-27)39(23-28-14-8-10-16-31(28)37)34(41)24-40(32-17-11-9-15-30(32)36)45(43,44)29-20-18-25(2)19-21-29/h5-21,26,33H,4,22-24H2,1-3H3,(H,38,42)/t26-,33-/m1/s1. The van der Waals surface area contributed by atoms with Crippen LogP contribution in [0.15, 0.2) is 108 Å². The van der Waals surface area contributed by atoms with Gasteiger partial charge in [0.1, 0.15) is 18.4 Å². The molecular weight excluding hydrogens is 613 g/mol. The van der Waals surface area contributed by atoms with E-state index >= 15 is 4.39 Å². The van der Waals surface area contributed by atoms with Gasteiger partial charge in [-0.25, -0.2) is 12.8 Å². The maximum atomic E-state index is 15.0. The fourth-order valence-corrected chi connectivity index (χ4v) is 6.53. The minimum Gasteiger partial charge on any atom is -0.352 e. The summed E-state index contributed by atoms with van der Waals surface area (Å²) >= 11 is 6.50. The molecular formula is C35H37ClFN3O4S. The number of para-hydroxylation sites is 1. The van der Waals surface area contributed by atoms with E-state index in [9.17, 15) is 18.0 Å². The summed E-state index contributed by atoms with van der Waals surface area (Å²) in [6.07, 6.45) is 0.778. The second kappa shape index (κ2) is 15.2. The third-order valence-corrected chi connectivity index (χ3v) is 9.67. The lowest BCUT2D eigenvalue weighted by Gasteiger charge is -2.34. The summed E-state index contributed by atoms with van der Waals surface area (Å²) in [7, 11) is -4.30. The number of sulfonamides is 1. The summed E-state index contributed by atoms with van der Waals surface area (Å²) in [6, 6.07) is 26.5. The van der Waals surface area contributed by atoms with Crippen molar-refractivity contribution in [3.8, 4) is 0 Å². The number of hydrogen-bond acceptors (Lipinski definition) is 4. The first-order valence-corrected chi connectivity index (χ1v) is 16.5. The molecule has 0 aliphatic carbocycles. The molecule has 0 heterocycles. The molecule has 2 amide bonds. The Morgan fingerprint density at radius 1 is 0.889 bits per heavy atom. The van der Waals surface area contributed by atoms with Gasteiger partial charge in [-0.05, 0) is 56.2 Å². The third-order valence-electron chi connectivity index (χ3n) is 7.58. The zero-order chi connectivity index (χ0) is 32.6. The van der Waals surface area contributed by atoms with E-state index in [4.69, 9.17) is 11.6 Å². The quantitative estimate of drug-likeness (QED) is 0.178. The smallest absolute Gasteiger partial charge is 0.264 e. The van der Waals surface area contributed by atoms with Gasteiger partial charge in [-0.2, -0.15) is 0 Å². The van der Waals surface area contributed by atoms with Crippen molar-refractivity contribution in [2.45, 2.75) is 57.1 Å². The summed E-state index contributed by atoms with van der Waals surface area (Å²) in [6.45, 7) is 4.67. The molecule has 1 N–H and O–H groups in total. The van der Waals surface area contributed by atoms with Crippen molar-refractivity contribution < 1.29 is 22.4 Å². The molecule has 0 aliphatic rings. The Labute approximate surface area is 269 Å². The lowest BCUT2D eigenvalue weighted by molar-refractivity contribution is -0.140. The van der Waals surface area contributed by atoms with E-state index in [0.29, 0.717) is 6.42 Å². The Hall–Kier alpha value is -4.21. The van der Waals surface area contributed by atoms with Crippen molar-refractivity contribution in [2.24, 2.45) is 0 Å². The number of nitrogens with zero attached hydrogens (tertiary/aromatic N) is 2. The normalized spacial score (nSPS) is 12.6. The number of halogens is 2. The zero-order valence-electron chi connectivity index (χ0n) is 25.5. The molecule has 236 valence electrons. The summed E-state index contributed by atoms with van der Waals surface area (Å²) in [5, 5.41) is 3.08. The van der Waals surface area contributed by atoms with Gasteiger partial charge in [-0.1, -0.05) is 96.9 Å². The largest absolute Gasteiger partial charge is 0.352 e. The fraction of sp³-hybridized carbons (Fsp3) is 0.257. The van der Waals surface area contributed by atoms with Crippen molar-refractivity contribution in [1.82, 2.24) is 10.2 Å². The highest BCUT2D eigenvalue weighted by atomic mass is 35.5. The number of anilines is 1. The summed E-state index contributed by atoms with van der Waals surface area (Å²) in [4.78, 5) is 29.5. The second-order valence-electron chi connectivity index (χ2n) is 10.9. The van der Waals surface area contributed by atoms with Gasteiger partial charge in [0.05, 0.1) is 15.6 Å². The van der Waals surface area contributed by atoms with Crippen LogP contribution in [0.4, 0.5) is 10.1 Å². The second-order valence-corrected chi connectivity index (χ2v) is 13.2. The third kappa shape index (κ3) is 8.49. The predicted octanol–water partition coefficient (Wildman–Crippen LogP) is 6.54. The van der Waals surface area contributed by atoms with Crippen LogP contribution in [-0.2, 0) is 32.6 Å². The first-order valence-electron chi connectivity index (χ1n) is 14.7. The molecule has 0 aromatic heterocycles. The minimum atomic E-state index is -4.30. The first kappa shape index (κ1) is 33.7. The van der Waals surface area contributed by atoms with E-state index < -0.39 is 40.2 Å². The van der Waals surface area contributed by atoms with Crippen LogP contribution in [-0.4, -0.2) is 43.8 Å². The average molecular weight is 650 g/mol. The molecule has 0 aliphatic heterocycles. The van der Waals surface area contributed by atoms with Gasteiger partial charge in [0.25, 0.3) is 10.0 Å². The number of aryl methyl sites for hydroxylation is 1. The van der Waals surface area contributed by atoms with Crippen LogP contribution in [0.3, 0.4) is 0 Å². The minimum absolute atomic E-state index is 0.0307. The number of nitrogens with one attached hydrogen (secondary N) is 1. The lowest BCUT2D eigenvalue weighted by Crippen LogP contribution is -2.54. The number of carbonyl (C=O) groups excluding carboxylic acids is 2. The molecule has 4 aromatic carbocycles.